The van der Waals surface area contributed by atoms with Crippen LogP contribution in [0.5, 0.6) is 0 Å². The second-order valence-electron chi connectivity index (χ2n) is 14.5. The summed E-state index contributed by atoms with van der Waals surface area (Å²) in [7, 11) is -3.63. The molecule has 0 saturated heterocycles. The summed E-state index contributed by atoms with van der Waals surface area (Å²) in [4.78, 5) is 21.0. The summed E-state index contributed by atoms with van der Waals surface area (Å²) in [6, 6.07) is 8.90. The van der Waals surface area contributed by atoms with Crippen molar-refractivity contribution in [3.05, 3.63) is 117 Å². The average Bonchev–Trinajstić information content (AvgIpc) is 3.33. The molecule has 0 saturated carbocycles. The minimum Gasteiger partial charge on any atom is -0.466 e. The van der Waals surface area contributed by atoms with E-state index in [0.717, 1.165) is 68.8 Å². The number of carbonyl (C=O) groups excluding carboxylic acids is 1. The van der Waals surface area contributed by atoms with E-state index in [-0.39, 0.29) is 36.4 Å². The van der Waals surface area contributed by atoms with Crippen LogP contribution in [0, 0.1) is 11.6 Å². The highest BCUT2D eigenvalue weighted by Gasteiger charge is 2.29. The molecule has 2 aromatic rings. The summed E-state index contributed by atoms with van der Waals surface area (Å²) in [6.07, 6.45) is 18.4. The van der Waals surface area contributed by atoms with Gasteiger partial charge in [0.2, 0.25) is 0 Å². The minimum atomic E-state index is -3.63. The number of ether oxygens (including phenoxy) is 2. The zero-order chi connectivity index (χ0) is 41.5. The molecule has 11 nitrogen and oxygen atoms in total. The molecule has 2 heterocycles. The Labute approximate surface area is 345 Å². The SMILES string of the molecule is CCOC(=O)CCCCCCCOCC(CCCC/C=C(\N)C1=CCC(NC2N=C3C(=CN2)CN=C(c2c(F)cccc2F)c2cc(Cl)ccc23)C=C1)OS(C)(=O)=O. The Kier molecular flexibility index (Phi) is 17.2. The van der Waals surface area contributed by atoms with Crippen LogP contribution in [0.2, 0.25) is 5.02 Å². The number of rotatable bonds is 22. The predicted molar refractivity (Wildman–Crippen MR) is 224 cm³/mol. The van der Waals surface area contributed by atoms with Gasteiger partial charge >= 0.3 is 5.97 Å². The van der Waals surface area contributed by atoms with Crippen molar-refractivity contribution >= 4 is 39.1 Å². The molecule has 5 rings (SSSR count). The lowest BCUT2D eigenvalue weighted by molar-refractivity contribution is -0.143. The van der Waals surface area contributed by atoms with Crippen molar-refractivity contribution in [2.45, 2.75) is 96.0 Å². The van der Waals surface area contributed by atoms with E-state index in [1.54, 1.807) is 25.1 Å². The van der Waals surface area contributed by atoms with Crippen LogP contribution < -0.4 is 16.4 Å². The van der Waals surface area contributed by atoms with E-state index >= 15 is 0 Å². The molecule has 0 fully saturated rings. The number of benzene rings is 2. The molecule has 0 aromatic heterocycles. The monoisotopic (exact) mass is 841 g/mol. The van der Waals surface area contributed by atoms with Gasteiger partial charge in [0.15, 0.2) is 6.29 Å². The summed E-state index contributed by atoms with van der Waals surface area (Å²) in [5.74, 6) is -1.57. The minimum absolute atomic E-state index is 0.0417. The molecule has 2 aliphatic heterocycles. The number of unbranched alkanes of at least 4 members (excludes halogenated alkanes) is 6. The number of nitrogens with one attached hydrogen (secondary N) is 2. The molecule has 58 heavy (non-hydrogen) atoms. The third kappa shape index (κ3) is 13.7. The first-order valence-corrected chi connectivity index (χ1v) is 22.2. The molecule has 314 valence electrons. The molecule has 0 radical (unpaired) electrons. The van der Waals surface area contributed by atoms with Crippen LogP contribution in [0.3, 0.4) is 0 Å². The van der Waals surface area contributed by atoms with E-state index in [2.05, 4.69) is 21.7 Å². The fraction of sp³-hybridized carbons (Fsp3) is 0.465. The van der Waals surface area contributed by atoms with E-state index in [0.29, 0.717) is 60.0 Å². The molecule has 15 heteroatoms. The smallest absolute Gasteiger partial charge is 0.305 e. The lowest BCUT2D eigenvalue weighted by Crippen LogP contribution is -2.46. The van der Waals surface area contributed by atoms with Crippen LogP contribution in [-0.4, -0.2) is 76.9 Å². The number of nitrogens with two attached hydrogens (primary N) is 1. The average molecular weight is 842 g/mol. The van der Waals surface area contributed by atoms with Gasteiger partial charge in [-0.2, -0.15) is 8.42 Å². The molecule has 3 atom stereocenters. The fourth-order valence-electron chi connectivity index (χ4n) is 6.96. The Balaban J connectivity index is 1.06. The van der Waals surface area contributed by atoms with Crippen molar-refractivity contribution in [3.63, 3.8) is 0 Å². The number of allylic oxidation sites excluding steroid dienone is 2. The first kappa shape index (κ1) is 44.9. The first-order chi connectivity index (χ1) is 27.9. The molecule has 2 aromatic carbocycles. The van der Waals surface area contributed by atoms with Crippen LogP contribution in [0.4, 0.5) is 8.78 Å². The van der Waals surface area contributed by atoms with Gasteiger partial charge in [-0.05, 0) is 75.3 Å². The zero-order valence-corrected chi connectivity index (χ0v) is 34.7. The molecule has 3 unspecified atom stereocenters. The summed E-state index contributed by atoms with van der Waals surface area (Å²) >= 11 is 6.37. The number of halogens is 3. The fourth-order valence-corrected chi connectivity index (χ4v) is 7.78. The maximum atomic E-state index is 14.9. The van der Waals surface area contributed by atoms with E-state index in [1.165, 1.54) is 18.2 Å². The lowest BCUT2D eigenvalue weighted by Gasteiger charge is -2.27. The van der Waals surface area contributed by atoms with E-state index in [4.69, 9.17) is 36.0 Å². The Hall–Kier alpha value is -4.21. The van der Waals surface area contributed by atoms with Gasteiger partial charge in [0, 0.05) is 52.7 Å². The van der Waals surface area contributed by atoms with Crippen molar-refractivity contribution in [3.8, 4) is 0 Å². The zero-order valence-electron chi connectivity index (χ0n) is 33.2. The van der Waals surface area contributed by atoms with Gasteiger partial charge in [0.05, 0.1) is 43.0 Å². The van der Waals surface area contributed by atoms with Gasteiger partial charge in [-0.15, -0.1) is 0 Å². The highest BCUT2D eigenvalue weighted by Crippen LogP contribution is 2.29. The van der Waals surface area contributed by atoms with Gasteiger partial charge < -0.3 is 20.5 Å². The molecular formula is C43H54ClF2N5O6S. The highest BCUT2D eigenvalue weighted by molar-refractivity contribution is 7.86. The third-order valence-corrected chi connectivity index (χ3v) is 10.7. The Bertz CT molecular complexity index is 2030. The third-order valence-electron chi connectivity index (χ3n) is 9.82. The van der Waals surface area contributed by atoms with Crippen LogP contribution >= 0.6 is 11.6 Å². The maximum Gasteiger partial charge on any atom is 0.305 e. The van der Waals surface area contributed by atoms with E-state index < -0.39 is 34.1 Å². The molecule has 1 aliphatic carbocycles. The largest absolute Gasteiger partial charge is 0.466 e. The Morgan fingerprint density at radius 1 is 1.07 bits per heavy atom. The van der Waals surface area contributed by atoms with Crippen LogP contribution in [0.1, 0.15) is 94.2 Å². The van der Waals surface area contributed by atoms with Gasteiger partial charge in [-0.3, -0.25) is 19.3 Å². The molecular weight excluding hydrogens is 788 g/mol. The van der Waals surface area contributed by atoms with Crippen LogP contribution in [0.25, 0.3) is 0 Å². The topological polar surface area (TPSA) is 154 Å². The number of hydrogen-bond donors (Lipinski definition) is 3. The predicted octanol–water partition coefficient (Wildman–Crippen LogP) is 7.54. The van der Waals surface area contributed by atoms with Gasteiger partial charge in [0.25, 0.3) is 10.1 Å². The summed E-state index contributed by atoms with van der Waals surface area (Å²) in [5.41, 5.74) is 10.6. The van der Waals surface area contributed by atoms with Crippen molar-refractivity contribution in [2.24, 2.45) is 15.7 Å². The quantitative estimate of drug-likeness (QED) is 0.0620. The Morgan fingerprint density at radius 3 is 2.59 bits per heavy atom. The summed E-state index contributed by atoms with van der Waals surface area (Å²) in [6.45, 7) is 3.10. The maximum absolute atomic E-state index is 14.9. The molecule has 0 bridgehead atoms. The Morgan fingerprint density at radius 2 is 1.84 bits per heavy atom. The molecule has 0 spiro atoms. The van der Waals surface area contributed by atoms with Crippen LogP contribution in [0.15, 0.2) is 93.7 Å². The number of aliphatic imine (C=N–C) groups is 2. The van der Waals surface area contributed by atoms with Gasteiger partial charge in [-0.1, -0.05) is 73.7 Å². The lowest BCUT2D eigenvalue weighted by atomic mass is 9.93. The number of fused-ring (bicyclic) bond motifs is 3. The van der Waals surface area contributed by atoms with E-state index in [9.17, 15) is 22.0 Å². The van der Waals surface area contributed by atoms with Crippen LogP contribution in [-0.2, 0) is 28.6 Å². The van der Waals surface area contributed by atoms with E-state index in [1.807, 2.05) is 24.4 Å². The second-order valence-corrected chi connectivity index (χ2v) is 16.5. The summed E-state index contributed by atoms with van der Waals surface area (Å²) in [5, 5.41) is 7.20. The standard InChI is InChI=1S/C43H54ClF2N5O6S/c1-3-56-39(52)17-10-5-4-6-11-24-55-28-33(57-58(2,53)54)13-8-7-9-16-38(47)29-18-21-32(22-19-29)50-43-49-27-30-26-48-42(40-36(45)14-12-15-37(40)46)35-25-31(44)20-23-34(35)41(30)51-43/h12,14-16,18-21,23,25,27,32-33,43,49-50H,3-11,13,17,22,24,26,28,47H2,1-2H3/b38-16-. The van der Waals surface area contributed by atoms with Crippen molar-refractivity contribution in [2.75, 3.05) is 32.6 Å². The highest BCUT2D eigenvalue weighted by atomic mass is 35.5. The first-order valence-electron chi connectivity index (χ1n) is 20.0. The van der Waals surface area contributed by atoms with Crippen molar-refractivity contribution in [1.29, 1.82) is 0 Å². The molecule has 0 amide bonds. The number of carbonyl (C=O) groups is 1. The van der Waals surface area contributed by atoms with Gasteiger partial charge in [0.1, 0.15) is 17.7 Å². The molecule has 4 N–H and O–H groups in total. The number of hydrogen-bond acceptors (Lipinski definition) is 11. The van der Waals surface area contributed by atoms with Crippen molar-refractivity contribution in [1.82, 2.24) is 10.6 Å². The number of nitrogens with zero attached hydrogens (tertiary/aromatic N) is 2. The summed E-state index contributed by atoms with van der Waals surface area (Å²) < 4.78 is 69.6. The number of esters is 1. The van der Waals surface area contributed by atoms with Gasteiger partial charge in [-0.25, -0.2) is 13.8 Å². The van der Waals surface area contributed by atoms with Crippen molar-refractivity contribution < 1.29 is 35.6 Å². The second kappa shape index (κ2) is 22.2. The normalized spacial score (nSPS) is 18.5. The molecule has 3 aliphatic rings.